The van der Waals surface area contributed by atoms with Crippen molar-refractivity contribution in [3.05, 3.63) is 63.2 Å². The summed E-state index contributed by atoms with van der Waals surface area (Å²) in [6.07, 6.45) is 0. The molecule has 0 unspecified atom stereocenters. The normalized spacial score (nSPS) is 14.5. The molecule has 144 valence electrons. The predicted octanol–water partition coefficient (Wildman–Crippen LogP) is 3.78. The number of hydrogen-bond donors (Lipinski definition) is 0. The van der Waals surface area contributed by atoms with Gasteiger partial charge in [0.05, 0.1) is 15.1 Å². The zero-order valence-electron chi connectivity index (χ0n) is 15.7. The molecule has 1 aromatic heterocycles. The number of amides is 1. The number of carbonyl (C=O) groups is 1. The summed E-state index contributed by atoms with van der Waals surface area (Å²) in [7, 11) is 0. The van der Waals surface area contributed by atoms with Gasteiger partial charge in [-0.15, -0.1) is 0 Å². The molecule has 1 aliphatic heterocycles. The van der Waals surface area contributed by atoms with Gasteiger partial charge in [0.1, 0.15) is 0 Å². The molecule has 0 N–H and O–H groups in total. The van der Waals surface area contributed by atoms with E-state index >= 15 is 0 Å². The van der Waals surface area contributed by atoms with Gasteiger partial charge in [-0.1, -0.05) is 17.4 Å². The number of thiazole rings is 1. The van der Waals surface area contributed by atoms with Crippen LogP contribution >= 0.6 is 11.3 Å². The number of nitro benzene ring substituents is 1. The number of nitro groups is 1. The van der Waals surface area contributed by atoms with Crippen molar-refractivity contribution in [2.75, 3.05) is 31.1 Å². The maximum Gasteiger partial charge on any atom is 0.269 e. The molecule has 4 rings (SSSR count). The van der Waals surface area contributed by atoms with Crippen molar-refractivity contribution in [1.29, 1.82) is 0 Å². The van der Waals surface area contributed by atoms with Crippen molar-refractivity contribution in [3.63, 3.8) is 0 Å². The number of non-ortho nitro benzene ring substituents is 1. The summed E-state index contributed by atoms with van der Waals surface area (Å²) in [5, 5.41) is 11.8. The van der Waals surface area contributed by atoms with Crippen LogP contribution in [0, 0.1) is 24.0 Å². The minimum Gasteiger partial charge on any atom is -0.345 e. The minimum absolute atomic E-state index is 0.0114. The Kier molecular flexibility index (Phi) is 4.72. The molecule has 28 heavy (non-hydrogen) atoms. The molecular formula is C20H20N4O3S. The number of aryl methyl sites for hydroxylation is 2. The quantitative estimate of drug-likeness (QED) is 0.497. The smallest absolute Gasteiger partial charge is 0.269 e. The van der Waals surface area contributed by atoms with Crippen LogP contribution in [0.15, 0.2) is 36.4 Å². The van der Waals surface area contributed by atoms with E-state index in [-0.39, 0.29) is 11.6 Å². The highest BCUT2D eigenvalue weighted by atomic mass is 32.1. The summed E-state index contributed by atoms with van der Waals surface area (Å²) in [5.74, 6) is -0.0923. The zero-order chi connectivity index (χ0) is 19.8. The third kappa shape index (κ3) is 3.43. The highest BCUT2D eigenvalue weighted by Crippen LogP contribution is 2.32. The second kappa shape index (κ2) is 7.20. The van der Waals surface area contributed by atoms with Gasteiger partial charge in [0.15, 0.2) is 5.13 Å². The number of piperazine rings is 1. The van der Waals surface area contributed by atoms with Gasteiger partial charge in [0.25, 0.3) is 11.6 Å². The SMILES string of the molecule is Cc1cc(C)c2nc(N3CCN(C(=O)c4ccc([N+](=O)[O-])cc4)CC3)sc2c1. The van der Waals surface area contributed by atoms with Crippen LogP contribution in [0.25, 0.3) is 10.2 Å². The summed E-state index contributed by atoms with van der Waals surface area (Å²) in [6.45, 7) is 6.81. The molecular weight excluding hydrogens is 376 g/mol. The average molecular weight is 396 g/mol. The Balaban J connectivity index is 1.45. The van der Waals surface area contributed by atoms with E-state index in [4.69, 9.17) is 4.98 Å². The molecule has 0 saturated carbocycles. The molecule has 1 amide bonds. The lowest BCUT2D eigenvalue weighted by molar-refractivity contribution is -0.384. The summed E-state index contributed by atoms with van der Waals surface area (Å²) < 4.78 is 1.19. The van der Waals surface area contributed by atoms with E-state index in [0.29, 0.717) is 18.7 Å². The van der Waals surface area contributed by atoms with E-state index in [1.54, 1.807) is 16.2 Å². The van der Waals surface area contributed by atoms with Crippen LogP contribution in [0.2, 0.25) is 0 Å². The molecule has 0 bridgehead atoms. The van der Waals surface area contributed by atoms with Gasteiger partial charge in [-0.2, -0.15) is 0 Å². The maximum absolute atomic E-state index is 12.7. The van der Waals surface area contributed by atoms with Crippen molar-refractivity contribution in [2.24, 2.45) is 0 Å². The summed E-state index contributed by atoms with van der Waals surface area (Å²) >= 11 is 1.69. The Morgan fingerprint density at radius 3 is 2.43 bits per heavy atom. The first-order valence-corrected chi connectivity index (χ1v) is 9.90. The lowest BCUT2D eigenvalue weighted by Crippen LogP contribution is -2.48. The molecule has 0 aliphatic carbocycles. The number of hydrogen-bond acceptors (Lipinski definition) is 6. The van der Waals surface area contributed by atoms with Crippen LogP contribution in [0.5, 0.6) is 0 Å². The highest BCUT2D eigenvalue weighted by Gasteiger charge is 2.24. The number of rotatable bonds is 3. The van der Waals surface area contributed by atoms with Crippen molar-refractivity contribution in [3.8, 4) is 0 Å². The monoisotopic (exact) mass is 396 g/mol. The van der Waals surface area contributed by atoms with E-state index in [9.17, 15) is 14.9 Å². The molecule has 1 fully saturated rings. The Morgan fingerprint density at radius 2 is 1.79 bits per heavy atom. The van der Waals surface area contributed by atoms with E-state index in [0.717, 1.165) is 23.7 Å². The Labute approximate surface area is 166 Å². The molecule has 8 heteroatoms. The van der Waals surface area contributed by atoms with Gasteiger partial charge >= 0.3 is 0 Å². The fourth-order valence-electron chi connectivity index (χ4n) is 3.50. The van der Waals surface area contributed by atoms with Gasteiger partial charge in [-0.3, -0.25) is 14.9 Å². The van der Waals surface area contributed by atoms with E-state index in [2.05, 4.69) is 30.9 Å². The fourth-order valence-corrected chi connectivity index (χ4v) is 4.70. The Hall–Kier alpha value is -3.00. The van der Waals surface area contributed by atoms with Gasteiger partial charge in [-0.05, 0) is 43.2 Å². The Morgan fingerprint density at radius 1 is 1.11 bits per heavy atom. The highest BCUT2D eigenvalue weighted by molar-refractivity contribution is 7.22. The second-order valence-electron chi connectivity index (χ2n) is 7.01. The van der Waals surface area contributed by atoms with Crippen LogP contribution in [0.1, 0.15) is 21.5 Å². The topological polar surface area (TPSA) is 79.6 Å². The van der Waals surface area contributed by atoms with Gasteiger partial charge in [-0.25, -0.2) is 4.98 Å². The number of nitrogens with zero attached hydrogens (tertiary/aromatic N) is 4. The molecule has 1 saturated heterocycles. The third-order valence-electron chi connectivity index (χ3n) is 4.98. The van der Waals surface area contributed by atoms with Crippen LogP contribution in [0.3, 0.4) is 0 Å². The van der Waals surface area contributed by atoms with Gasteiger partial charge in [0, 0.05) is 43.9 Å². The zero-order valence-corrected chi connectivity index (χ0v) is 16.5. The minimum atomic E-state index is -0.464. The summed E-state index contributed by atoms with van der Waals surface area (Å²) in [6, 6.07) is 10.1. The first-order valence-electron chi connectivity index (χ1n) is 9.09. The predicted molar refractivity (Wildman–Crippen MR) is 110 cm³/mol. The lowest BCUT2D eigenvalue weighted by atomic mass is 10.1. The first kappa shape index (κ1) is 18.4. The molecule has 7 nitrogen and oxygen atoms in total. The molecule has 0 atom stereocenters. The fraction of sp³-hybridized carbons (Fsp3) is 0.300. The van der Waals surface area contributed by atoms with Gasteiger partial charge in [0.2, 0.25) is 0 Å². The van der Waals surface area contributed by atoms with Crippen LogP contribution < -0.4 is 4.90 Å². The molecule has 3 aromatic rings. The van der Waals surface area contributed by atoms with Crippen LogP contribution in [-0.4, -0.2) is 46.9 Å². The van der Waals surface area contributed by atoms with E-state index < -0.39 is 4.92 Å². The molecule has 0 spiro atoms. The largest absolute Gasteiger partial charge is 0.345 e. The molecule has 2 aromatic carbocycles. The number of carbonyl (C=O) groups excluding carboxylic acids is 1. The number of aromatic nitrogens is 1. The second-order valence-corrected chi connectivity index (χ2v) is 8.02. The van der Waals surface area contributed by atoms with Crippen LogP contribution in [-0.2, 0) is 0 Å². The molecule has 2 heterocycles. The van der Waals surface area contributed by atoms with Crippen LogP contribution in [0.4, 0.5) is 10.8 Å². The standard InChI is InChI=1S/C20H20N4O3S/c1-13-11-14(2)18-17(12-13)28-20(21-18)23-9-7-22(8-10-23)19(25)15-3-5-16(6-4-15)24(26)27/h3-6,11-12H,7-10H2,1-2H3. The lowest BCUT2D eigenvalue weighted by Gasteiger charge is -2.34. The van der Waals surface area contributed by atoms with Crippen molar-refractivity contribution < 1.29 is 9.72 Å². The van der Waals surface area contributed by atoms with E-state index in [1.165, 1.54) is 40.1 Å². The first-order chi connectivity index (χ1) is 13.4. The third-order valence-corrected chi connectivity index (χ3v) is 6.04. The average Bonchev–Trinajstić information content (AvgIpc) is 3.12. The summed E-state index contributed by atoms with van der Waals surface area (Å²) in [4.78, 5) is 31.8. The number of benzene rings is 2. The number of fused-ring (bicyclic) bond motifs is 1. The molecule has 1 aliphatic rings. The Bertz CT molecular complexity index is 1050. The summed E-state index contributed by atoms with van der Waals surface area (Å²) in [5.41, 5.74) is 3.94. The van der Waals surface area contributed by atoms with Crippen molar-refractivity contribution in [2.45, 2.75) is 13.8 Å². The van der Waals surface area contributed by atoms with Crippen molar-refractivity contribution in [1.82, 2.24) is 9.88 Å². The molecule has 0 radical (unpaired) electrons. The maximum atomic E-state index is 12.7. The van der Waals surface area contributed by atoms with Gasteiger partial charge < -0.3 is 9.80 Å². The van der Waals surface area contributed by atoms with Crippen molar-refractivity contribution >= 4 is 38.3 Å². The van der Waals surface area contributed by atoms with E-state index in [1.807, 2.05) is 0 Å². The number of anilines is 1.